The Kier molecular flexibility index (Phi) is 9.09. The van der Waals surface area contributed by atoms with Crippen molar-refractivity contribution >= 4 is 16.0 Å². The van der Waals surface area contributed by atoms with Crippen molar-refractivity contribution in [3.05, 3.63) is 0 Å². The number of aliphatic imine (C=N–C) groups is 1. The summed E-state index contributed by atoms with van der Waals surface area (Å²) in [4.78, 5) is 6.57. The zero-order valence-electron chi connectivity index (χ0n) is 15.9. The van der Waals surface area contributed by atoms with Crippen LogP contribution in [0.2, 0.25) is 0 Å². The van der Waals surface area contributed by atoms with Gasteiger partial charge >= 0.3 is 0 Å². The third-order valence-electron chi connectivity index (χ3n) is 3.37. The molecule has 0 bridgehead atoms. The highest BCUT2D eigenvalue weighted by molar-refractivity contribution is 7.88. The van der Waals surface area contributed by atoms with Crippen molar-refractivity contribution in [3.8, 4) is 0 Å². The van der Waals surface area contributed by atoms with Gasteiger partial charge in [-0.25, -0.2) is 13.1 Å². The number of hydrogen-bond acceptors (Lipinski definition) is 4. The smallest absolute Gasteiger partial charge is 0.209 e. The van der Waals surface area contributed by atoms with Crippen LogP contribution in [0.5, 0.6) is 0 Å². The van der Waals surface area contributed by atoms with Crippen LogP contribution in [0.15, 0.2) is 4.99 Å². The molecular weight excluding hydrogens is 314 g/mol. The maximum absolute atomic E-state index is 11.3. The van der Waals surface area contributed by atoms with Gasteiger partial charge in [-0.1, -0.05) is 0 Å². The van der Waals surface area contributed by atoms with E-state index in [0.717, 1.165) is 19.3 Å². The Balaban J connectivity index is 4.38. The third kappa shape index (κ3) is 10.5. The van der Waals surface area contributed by atoms with E-state index in [2.05, 4.69) is 52.9 Å². The molecule has 0 amide bonds. The highest BCUT2D eigenvalue weighted by Gasteiger charge is 2.22. The number of rotatable bonds is 9. The summed E-state index contributed by atoms with van der Waals surface area (Å²) < 4.78 is 25.3. The molecule has 0 aromatic carbocycles. The number of sulfonamides is 1. The Morgan fingerprint density at radius 2 is 1.65 bits per heavy atom. The summed E-state index contributed by atoms with van der Waals surface area (Å²) in [6, 6.07) is 0.981. The van der Waals surface area contributed by atoms with Gasteiger partial charge in [-0.15, -0.1) is 0 Å². The quantitative estimate of drug-likeness (QED) is 0.419. The fourth-order valence-corrected chi connectivity index (χ4v) is 3.56. The molecule has 7 nitrogen and oxygen atoms in total. The van der Waals surface area contributed by atoms with Crippen LogP contribution in [0.3, 0.4) is 0 Å². The first-order valence-corrected chi connectivity index (χ1v) is 9.96. The van der Waals surface area contributed by atoms with E-state index in [9.17, 15) is 8.42 Å². The minimum Gasteiger partial charge on any atom is -0.355 e. The van der Waals surface area contributed by atoms with Crippen molar-refractivity contribution in [1.29, 1.82) is 0 Å². The van der Waals surface area contributed by atoms with Crippen molar-refractivity contribution < 1.29 is 8.42 Å². The molecule has 0 unspecified atom stereocenters. The first-order valence-electron chi connectivity index (χ1n) is 8.07. The summed E-state index contributed by atoms with van der Waals surface area (Å²) in [5.41, 5.74) is -0.590. The second kappa shape index (κ2) is 9.44. The predicted molar refractivity (Wildman–Crippen MR) is 98.4 cm³/mol. The highest BCUT2D eigenvalue weighted by Crippen LogP contribution is 2.03. The van der Waals surface area contributed by atoms with Gasteiger partial charge in [-0.2, -0.15) is 0 Å². The molecule has 0 heterocycles. The average Bonchev–Trinajstić information content (AvgIpc) is 2.33. The highest BCUT2D eigenvalue weighted by atomic mass is 32.2. The van der Waals surface area contributed by atoms with Gasteiger partial charge in [0, 0.05) is 44.3 Å². The van der Waals surface area contributed by atoms with Crippen LogP contribution < -0.4 is 15.4 Å². The Morgan fingerprint density at radius 1 is 1.13 bits per heavy atom. The minimum atomic E-state index is -3.24. The average molecular weight is 350 g/mol. The van der Waals surface area contributed by atoms with E-state index in [-0.39, 0.29) is 0 Å². The zero-order valence-corrected chi connectivity index (χ0v) is 16.7. The maximum atomic E-state index is 11.3. The predicted octanol–water partition coefficient (Wildman–Crippen LogP) is 0.598. The Bertz CT molecular complexity index is 464. The van der Waals surface area contributed by atoms with Crippen molar-refractivity contribution in [3.63, 3.8) is 0 Å². The van der Waals surface area contributed by atoms with Gasteiger partial charge in [0.2, 0.25) is 10.0 Å². The molecule has 0 fully saturated rings. The first kappa shape index (κ1) is 22.1. The van der Waals surface area contributed by atoms with E-state index in [1.54, 1.807) is 7.05 Å². The summed E-state index contributed by atoms with van der Waals surface area (Å²) in [5, 5.41) is 6.42. The SMILES string of the molecule is CN=C(NCCN(C(C)C)C(C)C)NCC(C)(C)NS(C)(=O)=O. The fraction of sp³-hybridized carbons (Fsp3) is 0.933. The molecule has 0 rings (SSSR count). The Morgan fingerprint density at radius 3 is 2.04 bits per heavy atom. The Labute approximate surface area is 142 Å². The van der Waals surface area contributed by atoms with E-state index in [0.29, 0.717) is 24.6 Å². The van der Waals surface area contributed by atoms with Gasteiger partial charge in [0.15, 0.2) is 5.96 Å². The molecule has 0 saturated carbocycles. The number of guanidine groups is 1. The van der Waals surface area contributed by atoms with Crippen molar-refractivity contribution in [2.45, 2.75) is 59.2 Å². The Hall–Kier alpha value is -0.860. The van der Waals surface area contributed by atoms with Crippen LogP contribution in [-0.2, 0) is 10.0 Å². The second-order valence-corrected chi connectivity index (χ2v) is 8.78. The largest absolute Gasteiger partial charge is 0.355 e. The van der Waals surface area contributed by atoms with Crippen molar-refractivity contribution in [2.75, 3.05) is 32.9 Å². The van der Waals surface area contributed by atoms with Crippen LogP contribution in [0.25, 0.3) is 0 Å². The van der Waals surface area contributed by atoms with Crippen LogP contribution >= 0.6 is 0 Å². The van der Waals surface area contributed by atoms with E-state index in [1.807, 2.05) is 13.8 Å². The number of nitrogens with zero attached hydrogens (tertiary/aromatic N) is 2. The summed E-state index contributed by atoms with van der Waals surface area (Å²) in [6.45, 7) is 14.5. The van der Waals surface area contributed by atoms with Crippen LogP contribution in [0, 0.1) is 0 Å². The molecule has 0 aliphatic carbocycles. The molecule has 3 N–H and O–H groups in total. The normalized spacial score (nSPS) is 14.0. The number of hydrogen-bond donors (Lipinski definition) is 3. The van der Waals surface area contributed by atoms with Crippen molar-refractivity contribution in [2.24, 2.45) is 4.99 Å². The molecule has 0 spiro atoms. The van der Waals surface area contributed by atoms with Crippen molar-refractivity contribution in [1.82, 2.24) is 20.3 Å². The lowest BCUT2D eigenvalue weighted by Crippen LogP contribution is -2.53. The van der Waals surface area contributed by atoms with E-state index >= 15 is 0 Å². The second-order valence-electron chi connectivity index (χ2n) is 7.04. The molecule has 8 heteroatoms. The lowest BCUT2D eigenvalue weighted by molar-refractivity contribution is 0.178. The molecule has 0 atom stereocenters. The van der Waals surface area contributed by atoms with Gasteiger partial charge in [-0.05, 0) is 41.5 Å². The van der Waals surface area contributed by atoms with Gasteiger partial charge < -0.3 is 10.6 Å². The van der Waals surface area contributed by atoms with Gasteiger partial charge in [0.25, 0.3) is 0 Å². The summed E-state index contributed by atoms with van der Waals surface area (Å²) in [7, 11) is -1.54. The lowest BCUT2D eigenvalue weighted by atomic mass is 10.1. The summed E-state index contributed by atoms with van der Waals surface area (Å²) in [6.07, 6.45) is 1.16. The topological polar surface area (TPSA) is 85.8 Å². The van der Waals surface area contributed by atoms with E-state index in [4.69, 9.17) is 0 Å². The molecule has 23 heavy (non-hydrogen) atoms. The minimum absolute atomic E-state index is 0.442. The fourth-order valence-electron chi connectivity index (χ4n) is 2.48. The van der Waals surface area contributed by atoms with E-state index < -0.39 is 15.6 Å². The first-order chi connectivity index (χ1) is 10.4. The molecule has 0 radical (unpaired) electrons. The number of nitrogens with one attached hydrogen (secondary N) is 3. The molecule has 0 aromatic rings. The lowest BCUT2D eigenvalue weighted by Gasteiger charge is -2.31. The van der Waals surface area contributed by atoms with Crippen LogP contribution in [-0.4, -0.2) is 69.8 Å². The van der Waals surface area contributed by atoms with E-state index in [1.165, 1.54) is 0 Å². The molecule has 0 aliphatic rings. The van der Waals surface area contributed by atoms with Gasteiger partial charge in [0.05, 0.1) is 6.26 Å². The molecule has 0 aliphatic heterocycles. The molecule has 138 valence electrons. The van der Waals surface area contributed by atoms with Crippen LogP contribution in [0.4, 0.5) is 0 Å². The van der Waals surface area contributed by atoms with Gasteiger partial charge in [-0.3, -0.25) is 9.89 Å². The summed E-state index contributed by atoms with van der Waals surface area (Å²) >= 11 is 0. The summed E-state index contributed by atoms with van der Waals surface area (Å²) in [5.74, 6) is 0.667. The zero-order chi connectivity index (χ0) is 18.3. The third-order valence-corrected chi connectivity index (χ3v) is 4.30. The van der Waals surface area contributed by atoms with Crippen LogP contribution in [0.1, 0.15) is 41.5 Å². The van der Waals surface area contributed by atoms with Gasteiger partial charge in [0.1, 0.15) is 0 Å². The molecule has 0 aromatic heterocycles. The maximum Gasteiger partial charge on any atom is 0.209 e. The molecular formula is C15H35N5O2S. The monoisotopic (exact) mass is 349 g/mol. The molecule has 0 saturated heterocycles. The standard InChI is InChI=1S/C15H35N5O2S/c1-12(2)20(13(3)4)10-9-17-14(16-7)18-11-15(5,6)19-23(8,21)22/h12-13,19H,9-11H2,1-8H3,(H2,16,17,18).